The van der Waals surface area contributed by atoms with Gasteiger partial charge in [-0.2, -0.15) is 0 Å². The van der Waals surface area contributed by atoms with Crippen molar-refractivity contribution in [3.05, 3.63) is 29.6 Å². The Balaban J connectivity index is 2.53. The van der Waals surface area contributed by atoms with E-state index in [0.29, 0.717) is 5.56 Å². The maximum absolute atomic E-state index is 11.6. The molecule has 0 radical (unpaired) electrons. The number of rotatable bonds is 4. The van der Waals surface area contributed by atoms with Crippen molar-refractivity contribution in [1.29, 1.82) is 0 Å². The van der Waals surface area contributed by atoms with Gasteiger partial charge in [-0.05, 0) is 18.6 Å². The Labute approximate surface area is 98.6 Å². The third-order valence-corrected chi connectivity index (χ3v) is 2.07. The summed E-state index contributed by atoms with van der Waals surface area (Å²) in [6, 6.07) is 1.66. The zero-order valence-electron chi connectivity index (χ0n) is 9.64. The molecule has 0 fully saturated rings. The van der Waals surface area contributed by atoms with E-state index < -0.39 is 18.0 Å². The quantitative estimate of drug-likeness (QED) is 0.700. The third kappa shape index (κ3) is 3.84. The average molecular weight is 238 g/mol. The van der Waals surface area contributed by atoms with Gasteiger partial charge in [-0.25, -0.2) is 4.79 Å². The second kappa shape index (κ2) is 5.95. The van der Waals surface area contributed by atoms with Gasteiger partial charge in [0.15, 0.2) is 6.10 Å². The predicted octanol–water partition coefficient (Wildman–Crippen LogP) is -0.346. The summed E-state index contributed by atoms with van der Waals surface area (Å²) in [5.41, 5.74) is 1.23. The fourth-order valence-electron chi connectivity index (χ4n) is 1.19. The Kier molecular flexibility index (Phi) is 4.59. The molecule has 1 amide bonds. The van der Waals surface area contributed by atoms with Crippen molar-refractivity contribution in [3.63, 3.8) is 0 Å². The molecule has 1 aromatic heterocycles. The van der Waals surface area contributed by atoms with Crippen LogP contribution in [-0.2, 0) is 9.53 Å². The summed E-state index contributed by atoms with van der Waals surface area (Å²) in [4.78, 5) is 26.3. The van der Waals surface area contributed by atoms with Crippen molar-refractivity contribution >= 4 is 11.9 Å². The topological polar surface area (TPSA) is 88.5 Å². The molecule has 0 saturated carbocycles. The first-order valence-electron chi connectivity index (χ1n) is 5.00. The summed E-state index contributed by atoms with van der Waals surface area (Å²) in [5.74, 6) is -1.18. The van der Waals surface area contributed by atoms with Gasteiger partial charge in [-0.1, -0.05) is 0 Å². The maximum atomic E-state index is 11.6. The van der Waals surface area contributed by atoms with Crippen LogP contribution < -0.4 is 5.32 Å². The lowest BCUT2D eigenvalue weighted by molar-refractivity contribution is -0.149. The van der Waals surface area contributed by atoms with Crippen molar-refractivity contribution in [3.8, 4) is 0 Å². The molecule has 1 heterocycles. The molecule has 1 aromatic rings. The van der Waals surface area contributed by atoms with Crippen LogP contribution in [-0.4, -0.2) is 41.7 Å². The molecule has 1 rings (SSSR count). The number of carbonyl (C=O) groups is 2. The minimum atomic E-state index is -1.36. The molecule has 17 heavy (non-hydrogen) atoms. The number of hydrogen-bond acceptors (Lipinski definition) is 5. The van der Waals surface area contributed by atoms with Crippen LogP contribution in [0, 0.1) is 6.92 Å². The van der Waals surface area contributed by atoms with Crippen LogP contribution in [0.2, 0.25) is 0 Å². The first-order valence-corrected chi connectivity index (χ1v) is 5.00. The van der Waals surface area contributed by atoms with Crippen LogP contribution in [0.15, 0.2) is 18.5 Å². The van der Waals surface area contributed by atoms with Crippen molar-refractivity contribution < 1.29 is 19.4 Å². The van der Waals surface area contributed by atoms with E-state index in [-0.39, 0.29) is 6.54 Å². The van der Waals surface area contributed by atoms with E-state index in [1.165, 1.54) is 6.20 Å². The zero-order chi connectivity index (χ0) is 12.8. The molecular formula is C11H14N2O4. The van der Waals surface area contributed by atoms with Crippen LogP contribution in [0.3, 0.4) is 0 Å². The normalized spacial score (nSPS) is 11.7. The smallest absolute Gasteiger partial charge is 0.336 e. The number of esters is 1. The van der Waals surface area contributed by atoms with Crippen molar-refractivity contribution in [2.75, 3.05) is 13.7 Å². The fourth-order valence-corrected chi connectivity index (χ4v) is 1.19. The van der Waals surface area contributed by atoms with Crippen LogP contribution in [0.4, 0.5) is 0 Å². The van der Waals surface area contributed by atoms with Gasteiger partial charge in [0, 0.05) is 12.4 Å². The molecule has 6 nitrogen and oxygen atoms in total. The molecule has 1 unspecified atom stereocenters. The zero-order valence-corrected chi connectivity index (χ0v) is 9.64. The molecule has 0 aliphatic rings. The highest BCUT2D eigenvalue weighted by Crippen LogP contribution is 2.00. The highest BCUT2D eigenvalue weighted by atomic mass is 16.5. The van der Waals surface area contributed by atoms with Crippen LogP contribution in [0.5, 0.6) is 0 Å². The van der Waals surface area contributed by atoms with E-state index in [4.69, 9.17) is 0 Å². The second-order valence-corrected chi connectivity index (χ2v) is 3.50. The van der Waals surface area contributed by atoms with Crippen LogP contribution in [0.1, 0.15) is 15.9 Å². The number of methoxy groups -OCH3 is 1. The lowest BCUT2D eigenvalue weighted by Gasteiger charge is -2.09. The lowest BCUT2D eigenvalue weighted by atomic mass is 10.2. The molecule has 92 valence electrons. The van der Waals surface area contributed by atoms with Crippen molar-refractivity contribution in [2.24, 2.45) is 0 Å². The summed E-state index contributed by atoms with van der Waals surface area (Å²) < 4.78 is 4.32. The molecule has 0 aliphatic heterocycles. The number of ether oxygens (including phenoxy) is 1. The summed E-state index contributed by atoms with van der Waals surface area (Å²) in [5, 5.41) is 11.7. The Morgan fingerprint density at radius 1 is 1.53 bits per heavy atom. The van der Waals surface area contributed by atoms with Gasteiger partial charge in [0.2, 0.25) is 0 Å². The van der Waals surface area contributed by atoms with Crippen molar-refractivity contribution in [1.82, 2.24) is 10.3 Å². The number of amides is 1. The third-order valence-electron chi connectivity index (χ3n) is 2.07. The van der Waals surface area contributed by atoms with E-state index in [1.807, 2.05) is 6.92 Å². The lowest BCUT2D eigenvalue weighted by Crippen LogP contribution is -2.37. The number of hydrogen-bond donors (Lipinski definition) is 2. The number of aliphatic hydroxyl groups is 1. The molecular weight excluding hydrogens is 224 g/mol. The molecule has 0 saturated heterocycles. The van der Waals surface area contributed by atoms with Gasteiger partial charge in [-0.3, -0.25) is 9.78 Å². The molecule has 6 heteroatoms. The van der Waals surface area contributed by atoms with Gasteiger partial charge >= 0.3 is 5.97 Å². The summed E-state index contributed by atoms with van der Waals surface area (Å²) in [6.45, 7) is 1.62. The average Bonchev–Trinajstić information content (AvgIpc) is 2.34. The van der Waals surface area contributed by atoms with Gasteiger partial charge in [-0.15, -0.1) is 0 Å². The number of aromatic nitrogens is 1. The van der Waals surface area contributed by atoms with Crippen LogP contribution in [0.25, 0.3) is 0 Å². The Morgan fingerprint density at radius 3 is 2.82 bits per heavy atom. The van der Waals surface area contributed by atoms with E-state index in [0.717, 1.165) is 12.7 Å². The first-order chi connectivity index (χ1) is 8.04. The number of carbonyl (C=O) groups excluding carboxylic acids is 2. The van der Waals surface area contributed by atoms with Gasteiger partial charge in [0.25, 0.3) is 5.91 Å². The van der Waals surface area contributed by atoms with Crippen LogP contribution >= 0.6 is 0 Å². The largest absolute Gasteiger partial charge is 0.467 e. The minimum absolute atomic E-state index is 0.195. The Hall–Kier alpha value is -1.95. The van der Waals surface area contributed by atoms with Gasteiger partial charge in [0.05, 0.1) is 19.2 Å². The number of aryl methyl sites for hydroxylation is 1. The second-order valence-electron chi connectivity index (χ2n) is 3.50. The van der Waals surface area contributed by atoms with Gasteiger partial charge < -0.3 is 15.2 Å². The minimum Gasteiger partial charge on any atom is -0.467 e. The number of pyridine rings is 1. The molecule has 0 spiro atoms. The SMILES string of the molecule is COC(=O)C(O)CNC(=O)c1cncc(C)c1. The van der Waals surface area contributed by atoms with E-state index in [9.17, 15) is 14.7 Å². The number of nitrogens with zero attached hydrogens (tertiary/aromatic N) is 1. The number of aliphatic hydroxyl groups excluding tert-OH is 1. The fraction of sp³-hybridized carbons (Fsp3) is 0.364. The van der Waals surface area contributed by atoms with E-state index in [1.54, 1.807) is 12.3 Å². The standard InChI is InChI=1S/C11H14N2O4/c1-7-3-8(5-12-4-7)10(15)13-6-9(14)11(16)17-2/h3-5,9,14H,6H2,1-2H3,(H,13,15). The number of nitrogens with one attached hydrogen (secondary N) is 1. The van der Waals surface area contributed by atoms with Gasteiger partial charge in [0.1, 0.15) is 0 Å². The Morgan fingerprint density at radius 2 is 2.24 bits per heavy atom. The molecule has 0 aliphatic carbocycles. The van der Waals surface area contributed by atoms with E-state index in [2.05, 4.69) is 15.0 Å². The molecule has 0 aromatic carbocycles. The monoisotopic (exact) mass is 238 g/mol. The summed E-state index contributed by atoms with van der Waals surface area (Å²) >= 11 is 0. The predicted molar refractivity (Wildman–Crippen MR) is 59.3 cm³/mol. The Bertz CT molecular complexity index is 420. The van der Waals surface area contributed by atoms with E-state index >= 15 is 0 Å². The first kappa shape index (κ1) is 13.1. The highest BCUT2D eigenvalue weighted by Gasteiger charge is 2.16. The summed E-state index contributed by atoms with van der Waals surface area (Å²) in [6.07, 6.45) is 1.68. The molecule has 0 bridgehead atoms. The summed E-state index contributed by atoms with van der Waals surface area (Å²) in [7, 11) is 1.16. The van der Waals surface area contributed by atoms with Crippen molar-refractivity contribution in [2.45, 2.75) is 13.0 Å². The maximum Gasteiger partial charge on any atom is 0.336 e. The molecule has 2 N–H and O–H groups in total. The highest BCUT2D eigenvalue weighted by molar-refractivity contribution is 5.94. The molecule has 1 atom stereocenters.